The summed E-state index contributed by atoms with van der Waals surface area (Å²) in [5.74, 6) is -2.85. The number of halogens is 1. The normalized spacial score (nSPS) is 22.4. The van der Waals surface area contributed by atoms with Gasteiger partial charge in [-0.05, 0) is 46.2 Å². The smallest absolute Gasteiger partial charge is 0.465 e. The van der Waals surface area contributed by atoms with Crippen molar-refractivity contribution in [1.29, 1.82) is 5.26 Å². The lowest BCUT2D eigenvalue weighted by atomic mass is 9.75. The molecule has 0 bridgehead atoms. The van der Waals surface area contributed by atoms with Gasteiger partial charge in [0.05, 0.1) is 48.5 Å². The van der Waals surface area contributed by atoms with E-state index in [1.54, 1.807) is 0 Å². The van der Waals surface area contributed by atoms with Crippen molar-refractivity contribution in [2.45, 2.75) is 51.4 Å². The summed E-state index contributed by atoms with van der Waals surface area (Å²) in [6, 6.07) is 4.37. The van der Waals surface area contributed by atoms with E-state index >= 15 is 4.39 Å². The Kier molecular flexibility index (Phi) is 7.03. The van der Waals surface area contributed by atoms with Gasteiger partial charge in [0.2, 0.25) is 0 Å². The predicted molar refractivity (Wildman–Crippen MR) is 131 cm³/mol. The predicted octanol–water partition coefficient (Wildman–Crippen LogP) is 2.05. The molecule has 4 rings (SSSR count). The number of carbonyl (C=O) groups excluding carboxylic acids is 2. The highest BCUT2D eigenvalue weighted by molar-refractivity contribution is 6.63. The van der Waals surface area contributed by atoms with Crippen LogP contribution in [0.25, 0.3) is 0 Å². The third-order valence-corrected chi connectivity index (χ3v) is 7.11. The van der Waals surface area contributed by atoms with E-state index in [4.69, 9.17) is 24.5 Å². The molecule has 3 heterocycles. The standard InChI is InChI=1S/C24H29BFN5O6/c1-23(2)24(3,4)37-25(36-23)16-8-14(9-17(26)19(16)22(33)34-5)29-21-15(20(28)32)11-31(30-21)18-12-35-7-6-13(18)10-27/h8-9,11,13,18H,6-7,12H2,1-5H3,(H2,28,32)(H,29,30)/t13-,18+/m1/s1. The van der Waals surface area contributed by atoms with E-state index in [0.29, 0.717) is 13.0 Å². The summed E-state index contributed by atoms with van der Waals surface area (Å²) in [5, 5.41) is 16.9. The van der Waals surface area contributed by atoms with Crippen LogP contribution < -0.4 is 16.5 Å². The zero-order chi connectivity index (χ0) is 27.1. The Morgan fingerprint density at radius 3 is 2.57 bits per heavy atom. The molecule has 2 saturated heterocycles. The largest absolute Gasteiger partial charge is 0.495 e. The second kappa shape index (κ2) is 9.77. The Morgan fingerprint density at radius 1 is 1.30 bits per heavy atom. The number of aromatic nitrogens is 2. The van der Waals surface area contributed by atoms with Crippen LogP contribution in [0.5, 0.6) is 0 Å². The average molecular weight is 513 g/mol. The van der Waals surface area contributed by atoms with Crippen molar-refractivity contribution in [3.05, 3.63) is 35.3 Å². The van der Waals surface area contributed by atoms with E-state index < -0.39 is 42.1 Å². The minimum atomic E-state index is -1.07. The van der Waals surface area contributed by atoms with Crippen molar-refractivity contribution in [3.8, 4) is 6.07 Å². The highest BCUT2D eigenvalue weighted by Crippen LogP contribution is 2.37. The molecule has 1 aromatic heterocycles. The molecule has 0 aliphatic carbocycles. The Balaban J connectivity index is 1.75. The number of benzene rings is 1. The molecular formula is C24H29BFN5O6. The van der Waals surface area contributed by atoms with Gasteiger partial charge in [0.1, 0.15) is 11.4 Å². The quantitative estimate of drug-likeness (QED) is 0.437. The van der Waals surface area contributed by atoms with Crippen LogP contribution in [0, 0.1) is 23.1 Å². The molecule has 2 fully saturated rings. The number of nitrogens with zero attached hydrogens (tertiary/aromatic N) is 3. The Morgan fingerprint density at radius 2 is 1.97 bits per heavy atom. The summed E-state index contributed by atoms with van der Waals surface area (Å²) in [5.41, 5.74) is 4.06. The van der Waals surface area contributed by atoms with Crippen LogP contribution in [-0.4, -0.2) is 60.3 Å². The molecule has 0 radical (unpaired) electrons. The molecule has 2 aliphatic rings. The monoisotopic (exact) mass is 513 g/mol. The van der Waals surface area contributed by atoms with E-state index in [-0.39, 0.29) is 40.6 Å². The van der Waals surface area contributed by atoms with Crippen molar-refractivity contribution in [2.24, 2.45) is 11.7 Å². The van der Waals surface area contributed by atoms with Gasteiger partial charge in [-0.25, -0.2) is 9.18 Å². The Hall–Kier alpha value is -3.47. The van der Waals surface area contributed by atoms with Gasteiger partial charge in [-0.1, -0.05) is 0 Å². The van der Waals surface area contributed by atoms with Crippen LogP contribution in [0.3, 0.4) is 0 Å². The summed E-state index contributed by atoms with van der Waals surface area (Å²) in [6.45, 7) is 8.03. The summed E-state index contributed by atoms with van der Waals surface area (Å²) in [4.78, 5) is 24.7. The van der Waals surface area contributed by atoms with Crippen LogP contribution in [0.1, 0.15) is 60.9 Å². The number of anilines is 2. The molecule has 0 spiro atoms. The van der Waals surface area contributed by atoms with Crippen molar-refractivity contribution >= 4 is 36.0 Å². The third kappa shape index (κ3) is 4.92. The molecular weight excluding hydrogens is 484 g/mol. The molecule has 1 aromatic carbocycles. The highest BCUT2D eigenvalue weighted by atomic mass is 19.1. The minimum absolute atomic E-state index is 0.0388. The van der Waals surface area contributed by atoms with Crippen LogP contribution in [0.2, 0.25) is 0 Å². The molecule has 2 aliphatic heterocycles. The SMILES string of the molecule is COC(=O)c1c(F)cc(Nc2nn([C@H]3COCC[C@@H]3C#N)cc2C(N)=O)cc1B1OC(C)(C)C(C)(C)O1. The van der Waals surface area contributed by atoms with Crippen LogP contribution in [0.15, 0.2) is 18.3 Å². The number of hydrogen-bond donors (Lipinski definition) is 2. The number of ether oxygens (including phenoxy) is 2. The first-order valence-electron chi connectivity index (χ1n) is 11.8. The van der Waals surface area contributed by atoms with Crippen LogP contribution in [-0.2, 0) is 18.8 Å². The maximum Gasteiger partial charge on any atom is 0.495 e. The van der Waals surface area contributed by atoms with Crippen molar-refractivity contribution in [2.75, 3.05) is 25.6 Å². The van der Waals surface area contributed by atoms with Gasteiger partial charge in [0.15, 0.2) is 5.82 Å². The summed E-state index contributed by atoms with van der Waals surface area (Å²) in [6.07, 6.45) is 1.95. The van der Waals surface area contributed by atoms with Gasteiger partial charge < -0.3 is 29.8 Å². The van der Waals surface area contributed by atoms with E-state index in [9.17, 15) is 14.9 Å². The fraction of sp³-hybridized carbons (Fsp3) is 0.500. The number of nitrogens with one attached hydrogen (secondary N) is 1. The zero-order valence-corrected chi connectivity index (χ0v) is 21.3. The first-order valence-corrected chi connectivity index (χ1v) is 11.8. The van der Waals surface area contributed by atoms with Crippen LogP contribution in [0.4, 0.5) is 15.9 Å². The number of nitriles is 1. The molecule has 0 saturated carbocycles. The fourth-order valence-corrected chi connectivity index (χ4v) is 4.28. The average Bonchev–Trinajstić information content (AvgIpc) is 3.35. The number of hydrogen-bond acceptors (Lipinski definition) is 9. The van der Waals surface area contributed by atoms with Gasteiger partial charge in [-0.15, -0.1) is 0 Å². The van der Waals surface area contributed by atoms with Gasteiger partial charge in [0.25, 0.3) is 5.91 Å². The molecule has 196 valence electrons. The van der Waals surface area contributed by atoms with E-state index in [1.165, 1.54) is 16.9 Å². The number of esters is 1. The lowest BCUT2D eigenvalue weighted by Crippen LogP contribution is -2.41. The number of carbonyl (C=O) groups is 2. The molecule has 2 atom stereocenters. The number of nitrogens with two attached hydrogens (primary N) is 1. The van der Waals surface area contributed by atoms with Gasteiger partial charge in [-0.2, -0.15) is 10.4 Å². The van der Waals surface area contributed by atoms with Crippen molar-refractivity contribution < 1.29 is 32.8 Å². The topological polar surface area (TPSA) is 151 Å². The summed E-state index contributed by atoms with van der Waals surface area (Å²) < 4.78 is 39.2. The first-order chi connectivity index (χ1) is 17.4. The summed E-state index contributed by atoms with van der Waals surface area (Å²) >= 11 is 0. The minimum Gasteiger partial charge on any atom is -0.465 e. The van der Waals surface area contributed by atoms with Gasteiger partial charge >= 0.3 is 13.1 Å². The molecule has 2 aromatic rings. The molecule has 1 amide bonds. The van der Waals surface area contributed by atoms with Gasteiger partial charge in [0, 0.05) is 24.0 Å². The third-order valence-electron chi connectivity index (χ3n) is 7.11. The van der Waals surface area contributed by atoms with E-state index in [2.05, 4.69) is 16.5 Å². The molecule has 0 unspecified atom stereocenters. The first kappa shape index (κ1) is 26.6. The number of methoxy groups -OCH3 is 1. The second-order valence-corrected chi connectivity index (χ2v) is 10.0. The molecule has 3 N–H and O–H groups in total. The Bertz CT molecular complexity index is 1260. The number of primary amides is 1. The molecule has 11 nitrogen and oxygen atoms in total. The zero-order valence-electron chi connectivity index (χ0n) is 21.3. The number of amides is 1. The Labute approximate surface area is 214 Å². The van der Waals surface area contributed by atoms with Gasteiger partial charge in [-0.3, -0.25) is 9.48 Å². The molecule has 13 heteroatoms. The van der Waals surface area contributed by atoms with E-state index in [0.717, 1.165) is 13.2 Å². The van der Waals surface area contributed by atoms with Crippen molar-refractivity contribution in [1.82, 2.24) is 9.78 Å². The lowest BCUT2D eigenvalue weighted by Gasteiger charge is -2.32. The highest BCUT2D eigenvalue weighted by Gasteiger charge is 2.53. The van der Waals surface area contributed by atoms with E-state index in [1.807, 2.05) is 27.7 Å². The van der Waals surface area contributed by atoms with Crippen LogP contribution >= 0.6 is 0 Å². The molecule has 37 heavy (non-hydrogen) atoms. The number of rotatable bonds is 6. The summed E-state index contributed by atoms with van der Waals surface area (Å²) in [7, 11) is 0.0799. The maximum absolute atomic E-state index is 15.3. The fourth-order valence-electron chi connectivity index (χ4n) is 4.28. The van der Waals surface area contributed by atoms with Crippen molar-refractivity contribution in [3.63, 3.8) is 0 Å². The second-order valence-electron chi connectivity index (χ2n) is 10.0. The lowest BCUT2D eigenvalue weighted by molar-refractivity contribution is 0.00578. The maximum atomic E-state index is 15.3.